The Morgan fingerprint density at radius 3 is 2.92 bits per heavy atom. The van der Waals surface area contributed by atoms with E-state index in [9.17, 15) is 4.79 Å². The Balaban J connectivity index is 1.46. The van der Waals surface area contributed by atoms with E-state index in [1.54, 1.807) is 11.3 Å². The fraction of sp³-hybridized carbons (Fsp3) is 0.444. The van der Waals surface area contributed by atoms with Gasteiger partial charge < -0.3 is 15.5 Å². The fourth-order valence-corrected chi connectivity index (χ4v) is 3.64. The van der Waals surface area contributed by atoms with Crippen LogP contribution in [-0.4, -0.2) is 30.6 Å². The molecule has 128 valence electrons. The quantitative estimate of drug-likeness (QED) is 0.840. The van der Waals surface area contributed by atoms with Crippen LogP contribution in [0.2, 0.25) is 0 Å². The second kappa shape index (κ2) is 8.15. The number of carbonyl (C=O) groups is 1. The van der Waals surface area contributed by atoms with E-state index in [4.69, 9.17) is 0 Å². The van der Waals surface area contributed by atoms with Crippen LogP contribution in [-0.2, 0) is 12.8 Å². The first kappa shape index (κ1) is 16.8. The highest BCUT2D eigenvalue weighted by molar-refractivity contribution is 7.09. The van der Waals surface area contributed by atoms with Crippen LogP contribution >= 0.6 is 11.3 Å². The molecular weight excluding hydrogens is 320 g/mol. The summed E-state index contributed by atoms with van der Waals surface area (Å²) >= 11 is 1.68. The number of benzene rings is 1. The van der Waals surface area contributed by atoms with E-state index in [0.717, 1.165) is 42.3 Å². The van der Waals surface area contributed by atoms with E-state index in [1.165, 1.54) is 18.5 Å². The van der Waals surface area contributed by atoms with Gasteiger partial charge in [0.1, 0.15) is 0 Å². The number of nitrogens with zero attached hydrogens (tertiary/aromatic N) is 2. The first-order valence-electron chi connectivity index (χ1n) is 8.58. The summed E-state index contributed by atoms with van der Waals surface area (Å²) in [5, 5.41) is 9.02. The zero-order chi connectivity index (χ0) is 16.8. The summed E-state index contributed by atoms with van der Waals surface area (Å²) in [6.45, 7) is 4.89. The molecule has 1 fully saturated rings. The van der Waals surface area contributed by atoms with Gasteiger partial charge in [-0.05, 0) is 37.5 Å². The number of aryl methyl sites for hydroxylation is 1. The highest BCUT2D eigenvalue weighted by atomic mass is 32.1. The van der Waals surface area contributed by atoms with Gasteiger partial charge in [-0.3, -0.25) is 0 Å². The van der Waals surface area contributed by atoms with Crippen LogP contribution in [0.3, 0.4) is 0 Å². The van der Waals surface area contributed by atoms with E-state index >= 15 is 0 Å². The Kier molecular flexibility index (Phi) is 5.69. The minimum absolute atomic E-state index is 0.167. The molecule has 5 nitrogen and oxygen atoms in total. The lowest BCUT2D eigenvalue weighted by Crippen LogP contribution is -2.30. The van der Waals surface area contributed by atoms with Crippen molar-refractivity contribution in [1.82, 2.24) is 10.3 Å². The lowest BCUT2D eigenvalue weighted by Gasteiger charge is -2.18. The lowest BCUT2D eigenvalue weighted by atomic mass is 10.2. The van der Waals surface area contributed by atoms with Gasteiger partial charge in [0.25, 0.3) is 0 Å². The van der Waals surface area contributed by atoms with Gasteiger partial charge in [-0.2, -0.15) is 0 Å². The smallest absolute Gasteiger partial charge is 0.319 e. The van der Waals surface area contributed by atoms with Gasteiger partial charge >= 0.3 is 6.03 Å². The molecule has 1 aromatic carbocycles. The maximum atomic E-state index is 12.0. The van der Waals surface area contributed by atoms with Crippen molar-refractivity contribution in [2.75, 3.05) is 29.9 Å². The lowest BCUT2D eigenvalue weighted by molar-refractivity contribution is 0.252. The van der Waals surface area contributed by atoms with Crippen molar-refractivity contribution in [2.45, 2.75) is 32.6 Å². The molecule has 2 heterocycles. The second-order valence-corrected chi connectivity index (χ2v) is 6.90. The SMILES string of the molecule is CCc1nc(CCNC(=O)Nc2cccc(N3CCCC3)c2)cs1. The summed E-state index contributed by atoms with van der Waals surface area (Å²) in [5.74, 6) is 0. The number of urea groups is 1. The van der Waals surface area contributed by atoms with E-state index < -0.39 is 0 Å². The van der Waals surface area contributed by atoms with Crippen molar-refractivity contribution in [3.63, 3.8) is 0 Å². The number of amides is 2. The molecular formula is C18H24N4OS. The number of aromatic nitrogens is 1. The Labute approximate surface area is 147 Å². The summed E-state index contributed by atoms with van der Waals surface area (Å²) in [6.07, 6.45) is 4.21. The Bertz CT molecular complexity index is 679. The molecule has 0 saturated carbocycles. The first-order chi connectivity index (χ1) is 11.7. The van der Waals surface area contributed by atoms with Crippen LogP contribution in [0.1, 0.15) is 30.5 Å². The van der Waals surface area contributed by atoms with E-state index in [-0.39, 0.29) is 6.03 Å². The maximum Gasteiger partial charge on any atom is 0.319 e. The summed E-state index contributed by atoms with van der Waals surface area (Å²) in [6, 6.07) is 7.89. The molecule has 24 heavy (non-hydrogen) atoms. The third-order valence-corrected chi connectivity index (χ3v) is 5.19. The van der Waals surface area contributed by atoms with Crippen LogP contribution in [0.5, 0.6) is 0 Å². The molecule has 3 rings (SSSR count). The molecule has 0 spiro atoms. The van der Waals surface area contributed by atoms with Crippen molar-refractivity contribution < 1.29 is 4.79 Å². The molecule has 1 aromatic heterocycles. The van der Waals surface area contributed by atoms with Gasteiger partial charge in [-0.15, -0.1) is 11.3 Å². The van der Waals surface area contributed by atoms with Gasteiger partial charge in [0, 0.05) is 42.8 Å². The largest absolute Gasteiger partial charge is 0.371 e. The Hall–Kier alpha value is -2.08. The van der Waals surface area contributed by atoms with Gasteiger partial charge in [0.05, 0.1) is 10.7 Å². The molecule has 6 heteroatoms. The topological polar surface area (TPSA) is 57.3 Å². The molecule has 1 aliphatic rings. The number of rotatable bonds is 6. The summed E-state index contributed by atoms with van der Waals surface area (Å²) in [4.78, 5) is 18.9. The normalized spacial score (nSPS) is 14.0. The summed E-state index contributed by atoms with van der Waals surface area (Å²) < 4.78 is 0. The third-order valence-electron chi connectivity index (χ3n) is 4.14. The van der Waals surface area contributed by atoms with Crippen molar-refractivity contribution >= 4 is 28.7 Å². The number of hydrogen-bond donors (Lipinski definition) is 2. The second-order valence-electron chi connectivity index (χ2n) is 5.96. The monoisotopic (exact) mass is 344 g/mol. The molecule has 0 unspecified atom stereocenters. The standard InChI is InChI=1S/C18H24N4OS/c1-2-17-20-15(13-24-17)8-9-19-18(23)21-14-6-5-7-16(12-14)22-10-3-4-11-22/h5-7,12-13H,2-4,8-11H2,1H3,(H2,19,21,23). The van der Waals surface area contributed by atoms with Gasteiger partial charge in [-0.25, -0.2) is 9.78 Å². The number of thiazole rings is 1. The van der Waals surface area contributed by atoms with E-state index in [2.05, 4.69) is 38.9 Å². The zero-order valence-corrected chi connectivity index (χ0v) is 14.9. The predicted molar refractivity (Wildman–Crippen MR) is 100 cm³/mol. The van der Waals surface area contributed by atoms with E-state index in [0.29, 0.717) is 6.54 Å². The minimum atomic E-state index is -0.167. The third kappa shape index (κ3) is 4.47. The Morgan fingerprint density at radius 2 is 2.17 bits per heavy atom. The molecule has 1 saturated heterocycles. The van der Waals surface area contributed by atoms with Crippen LogP contribution in [0.25, 0.3) is 0 Å². The average molecular weight is 344 g/mol. The average Bonchev–Trinajstić information content (AvgIpc) is 3.27. The highest BCUT2D eigenvalue weighted by Gasteiger charge is 2.12. The Morgan fingerprint density at radius 1 is 1.33 bits per heavy atom. The van der Waals surface area contributed by atoms with Gasteiger partial charge in [0.15, 0.2) is 0 Å². The number of carbonyl (C=O) groups excluding carboxylic acids is 1. The fourth-order valence-electron chi connectivity index (χ4n) is 2.86. The molecule has 0 bridgehead atoms. The van der Waals surface area contributed by atoms with Crippen LogP contribution < -0.4 is 15.5 Å². The predicted octanol–water partition coefficient (Wildman–Crippen LogP) is 3.67. The summed E-state index contributed by atoms with van der Waals surface area (Å²) in [5.41, 5.74) is 3.06. The molecule has 2 amide bonds. The zero-order valence-electron chi connectivity index (χ0n) is 14.0. The molecule has 0 atom stereocenters. The van der Waals surface area contributed by atoms with Crippen molar-refractivity contribution in [2.24, 2.45) is 0 Å². The van der Waals surface area contributed by atoms with Crippen molar-refractivity contribution in [3.8, 4) is 0 Å². The van der Waals surface area contributed by atoms with E-state index in [1.807, 2.05) is 18.2 Å². The molecule has 0 radical (unpaired) electrons. The molecule has 0 aliphatic carbocycles. The first-order valence-corrected chi connectivity index (χ1v) is 9.45. The minimum Gasteiger partial charge on any atom is -0.371 e. The van der Waals surface area contributed by atoms with Gasteiger partial charge in [-0.1, -0.05) is 13.0 Å². The number of anilines is 2. The molecule has 1 aliphatic heterocycles. The molecule has 2 aromatic rings. The molecule has 2 N–H and O–H groups in total. The van der Waals surface area contributed by atoms with Crippen LogP contribution in [0.4, 0.5) is 16.2 Å². The van der Waals surface area contributed by atoms with Crippen molar-refractivity contribution in [1.29, 1.82) is 0 Å². The van der Waals surface area contributed by atoms with Crippen LogP contribution in [0.15, 0.2) is 29.6 Å². The summed E-state index contributed by atoms with van der Waals surface area (Å²) in [7, 11) is 0. The van der Waals surface area contributed by atoms with Crippen molar-refractivity contribution in [3.05, 3.63) is 40.3 Å². The highest BCUT2D eigenvalue weighted by Crippen LogP contribution is 2.23. The number of hydrogen-bond acceptors (Lipinski definition) is 4. The maximum absolute atomic E-state index is 12.0. The van der Waals surface area contributed by atoms with Gasteiger partial charge in [0.2, 0.25) is 0 Å². The number of nitrogens with one attached hydrogen (secondary N) is 2. The van der Waals surface area contributed by atoms with Crippen LogP contribution in [0, 0.1) is 0 Å².